The summed E-state index contributed by atoms with van der Waals surface area (Å²) in [7, 11) is 0. The van der Waals surface area contributed by atoms with Crippen LogP contribution in [0.25, 0.3) is 11.0 Å². The van der Waals surface area contributed by atoms with E-state index in [0.717, 1.165) is 29.2 Å². The Balaban J connectivity index is 1.64. The Bertz CT molecular complexity index is 556. The average Bonchev–Trinajstić information content (AvgIpc) is 3.04. The van der Waals surface area contributed by atoms with Crippen LogP contribution in [0.2, 0.25) is 0 Å². The fourth-order valence-corrected chi connectivity index (χ4v) is 2.67. The molecule has 4 N–H and O–H groups in total. The number of nitrogens with one attached hydrogen (secondary N) is 2. The molecular formula is C14H21N5. The Morgan fingerprint density at radius 3 is 3.00 bits per heavy atom. The van der Waals surface area contributed by atoms with Crippen molar-refractivity contribution in [3.05, 3.63) is 18.2 Å². The molecule has 0 amide bonds. The van der Waals surface area contributed by atoms with Crippen molar-refractivity contribution < 1.29 is 0 Å². The number of anilines is 2. The molecule has 0 aliphatic carbocycles. The van der Waals surface area contributed by atoms with Gasteiger partial charge in [0.05, 0.1) is 11.0 Å². The fourth-order valence-electron chi connectivity index (χ4n) is 2.67. The zero-order valence-corrected chi connectivity index (χ0v) is 11.3. The molecule has 1 aliphatic heterocycles. The molecule has 102 valence electrons. The number of nitrogens with zero attached hydrogens (tertiary/aromatic N) is 2. The van der Waals surface area contributed by atoms with E-state index in [4.69, 9.17) is 5.73 Å². The topological polar surface area (TPSA) is 70.0 Å². The number of nitrogens with two attached hydrogens (primary N) is 1. The first kappa shape index (κ1) is 12.3. The third-order valence-electron chi connectivity index (χ3n) is 3.83. The first-order valence-electron chi connectivity index (χ1n) is 6.95. The van der Waals surface area contributed by atoms with E-state index in [1.807, 2.05) is 18.2 Å². The highest BCUT2D eigenvalue weighted by atomic mass is 15.2. The molecule has 1 fully saturated rings. The van der Waals surface area contributed by atoms with Crippen LogP contribution < -0.4 is 11.1 Å². The number of fused-ring (bicyclic) bond motifs is 1. The lowest BCUT2D eigenvalue weighted by Crippen LogP contribution is -2.35. The van der Waals surface area contributed by atoms with E-state index in [-0.39, 0.29) is 0 Å². The Morgan fingerprint density at radius 1 is 1.42 bits per heavy atom. The number of benzene rings is 1. The Hall–Kier alpha value is -1.75. The first-order chi connectivity index (χ1) is 9.22. The maximum absolute atomic E-state index is 5.76. The molecular weight excluding hydrogens is 238 g/mol. The highest BCUT2D eigenvalue weighted by molar-refractivity contribution is 5.80. The standard InChI is InChI=1S/C14H21N5/c1-10(19-6-2-3-7-19)9-16-14-17-12-5-4-11(15)8-13(12)18-14/h4-5,8,10H,2-3,6-7,9,15H2,1H3,(H2,16,17,18). The van der Waals surface area contributed by atoms with E-state index in [0.29, 0.717) is 6.04 Å². The van der Waals surface area contributed by atoms with Crippen LogP contribution >= 0.6 is 0 Å². The highest BCUT2D eigenvalue weighted by Crippen LogP contribution is 2.17. The Labute approximate surface area is 113 Å². The van der Waals surface area contributed by atoms with Crippen LogP contribution in [-0.4, -0.2) is 40.5 Å². The zero-order valence-electron chi connectivity index (χ0n) is 11.3. The van der Waals surface area contributed by atoms with Gasteiger partial charge in [-0.15, -0.1) is 0 Å². The van der Waals surface area contributed by atoms with Gasteiger partial charge in [0.2, 0.25) is 5.95 Å². The smallest absolute Gasteiger partial charge is 0.201 e. The van der Waals surface area contributed by atoms with Crippen molar-refractivity contribution in [2.24, 2.45) is 0 Å². The van der Waals surface area contributed by atoms with Gasteiger partial charge in [0.15, 0.2) is 0 Å². The molecule has 3 rings (SSSR count). The fraction of sp³-hybridized carbons (Fsp3) is 0.500. The molecule has 2 aromatic rings. The van der Waals surface area contributed by atoms with Gasteiger partial charge in [-0.3, -0.25) is 4.90 Å². The molecule has 1 saturated heterocycles. The number of rotatable bonds is 4. The van der Waals surface area contributed by atoms with Gasteiger partial charge in [-0.2, -0.15) is 0 Å². The number of hydrogen-bond acceptors (Lipinski definition) is 4. The number of H-pyrrole nitrogens is 1. The Kier molecular flexibility index (Phi) is 3.29. The van der Waals surface area contributed by atoms with Gasteiger partial charge in [-0.25, -0.2) is 4.98 Å². The molecule has 1 aromatic carbocycles. The normalized spacial score (nSPS) is 17.9. The lowest BCUT2D eigenvalue weighted by atomic mass is 10.3. The van der Waals surface area contributed by atoms with Crippen LogP contribution in [0.5, 0.6) is 0 Å². The number of nitrogen functional groups attached to an aromatic ring is 1. The van der Waals surface area contributed by atoms with Gasteiger partial charge < -0.3 is 16.0 Å². The number of aromatic amines is 1. The largest absolute Gasteiger partial charge is 0.399 e. The average molecular weight is 259 g/mol. The molecule has 1 aliphatic rings. The van der Waals surface area contributed by atoms with Gasteiger partial charge >= 0.3 is 0 Å². The molecule has 1 unspecified atom stereocenters. The lowest BCUT2D eigenvalue weighted by molar-refractivity contribution is 0.269. The van der Waals surface area contributed by atoms with Gasteiger partial charge in [0.1, 0.15) is 0 Å². The third-order valence-corrected chi connectivity index (χ3v) is 3.83. The molecule has 0 bridgehead atoms. The Morgan fingerprint density at radius 2 is 2.21 bits per heavy atom. The van der Waals surface area contributed by atoms with Crippen LogP contribution in [0.4, 0.5) is 11.6 Å². The molecule has 0 radical (unpaired) electrons. The predicted octanol–water partition coefficient (Wildman–Crippen LogP) is 2.04. The summed E-state index contributed by atoms with van der Waals surface area (Å²) in [5, 5.41) is 3.38. The van der Waals surface area contributed by atoms with Crippen molar-refractivity contribution in [1.82, 2.24) is 14.9 Å². The molecule has 19 heavy (non-hydrogen) atoms. The number of hydrogen-bond donors (Lipinski definition) is 3. The van der Waals surface area contributed by atoms with E-state index in [2.05, 4.69) is 27.1 Å². The van der Waals surface area contributed by atoms with Crippen LogP contribution in [0.15, 0.2) is 18.2 Å². The monoisotopic (exact) mass is 259 g/mol. The second kappa shape index (κ2) is 5.09. The van der Waals surface area contributed by atoms with Crippen LogP contribution in [0, 0.1) is 0 Å². The van der Waals surface area contributed by atoms with Crippen molar-refractivity contribution in [3.63, 3.8) is 0 Å². The van der Waals surface area contributed by atoms with Gasteiger partial charge in [0, 0.05) is 18.3 Å². The SMILES string of the molecule is CC(CNc1nc2ccc(N)cc2[nH]1)N1CCCC1. The molecule has 0 spiro atoms. The first-order valence-corrected chi connectivity index (χ1v) is 6.95. The summed E-state index contributed by atoms with van der Waals surface area (Å²) in [5.41, 5.74) is 8.45. The molecule has 1 atom stereocenters. The van der Waals surface area contributed by atoms with E-state index < -0.39 is 0 Å². The summed E-state index contributed by atoms with van der Waals surface area (Å²) in [6.07, 6.45) is 2.66. The van der Waals surface area contributed by atoms with Crippen molar-refractivity contribution in [2.45, 2.75) is 25.8 Å². The number of imidazole rings is 1. The van der Waals surface area contributed by atoms with Crippen molar-refractivity contribution in [3.8, 4) is 0 Å². The van der Waals surface area contributed by atoms with E-state index in [9.17, 15) is 0 Å². The summed E-state index contributed by atoms with van der Waals surface area (Å²) in [5.74, 6) is 0.826. The second-order valence-electron chi connectivity index (χ2n) is 5.33. The number of likely N-dealkylation sites (tertiary alicyclic amines) is 1. The maximum atomic E-state index is 5.76. The summed E-state index contributed by atoms with van der Waals surface area (Å²) in [6, 6.07) is 6.27. The van der Waals surface area contributed by atoms with Gasteiger partial charge in [-0.1, -0.05) is 0 Å². The molecule has 2 heterocycles. The maximum Gasteiger partial charge on any atom is 0.201 e. The van der Waals surface area contributed by atoms with Crippen LogP contribution in [-0.2, 0) is 0 Å². The van der Waals surface area contributed by atoms with E-state index in [1.54, 1.807) is 0 Å². The minimum Gasteiger partial charge on any atom is -0.399 e. The van der Waals surface area contributed by atoms with Crippen molar-refractivity contribution in [1.29, 1.82) is 0 Å². The lowest BCUT2D eigenvalue weighted by Gasteiger charge is -2.23. The van der Waals surface area contributed by atoms with Crippen LogP contribution in [0.1, 0.15) is 19.8 Å². The minimum absolute atomic E-state index is 0.542. The molecule has 0 saturated carbocycles. The quantitative estimate of drug-likeness (QED) is 0.735. The molecule has 5 nitrogen and oxygen atoms in total. The zero-order chi connectivity index (χ0) is 13.2. The minimum atomic E-state index is 0.542. The number of aromatic nitrogens is 2. The summed E-state index contributed by atoms with van der Waals surface area (Å²) in [4.78, 5) is 10.3. The summed E-state index contributed by atoms with van der Waals surface area (Å²) >= 11 is 0. The van der Waals surface area contributed by atoms with Crippen LogP contribution in [0.3, 0.4) is 0 Å². The highest BCUT2D eigenvalue weighted by Gasteiger charge is 2.17. The van der Waals surface area contributed by atoms with E-state index in [1.165, 1.54) is 25.9 Å². The second-order valence-corrected chi connectivity index (χ2v) is 5.33. The van der Waals surface area contributed by atoms with E-state index >= 15 is 0 Å². The molecule has 5 heteroatoms. The third kappa shape index (κ3) is 2.66. The van der Waals surface area contributed by atoms with Gasteiger partial charge in [-0.05, 0) is 51.1 Å². The summed E-state index contributed by atoms with van der Waals surface area (Å²) < 4.78 is 0. The van der Waals surface area contributed by atoms with Crippen molar-refractivity contribution >= 4 is 22.7 Å². The van der Waals surface area contributed by atoms with Gasteiger partial charge in [0.25, 0.3) is 0 Å². The summed E-state index contributed by atoms with van der Waals surface area (Å²) in [6.45, 7) is 5.62. The predicted molar refractivity (Wildman–Crippen MR) is 79.3 cm³/mol. The molecule has 1 aromatic heterocycles. The van der Waals surface area contributed by atoms with Crippen molar-refractivity contribution in [2.75, 3.05) is 30.7 Å².